The molecule has 20 heavy (non-hydrogen) atoms. The Morgan fingerprint density at radius 3 is 2.35 bits per heavy atom. The molecule has 2 heterocycles. The molecule has 1 saturated heterocycles. The van der Waals surface area contributed by atoms with Crippen LogP contribution in [0.2, 0.25) is 0 Å². The lowest BCUT2D eigenvalue weighted by molar-refractivity contribution is -0.127. The summed E-state index contributed by atoms with van der Waals surface area (Å²) in [6.45, 7) is 9.30. The number of Topliss-reactive ketones (excluding diaryl/α,β-unsaturated/α-hetero) is 1. The molecule has 0 spiro atoms. The lowest BCUT2D eigenvalue weighted by Gasteiger charge is -2.35. The first-order valence-electron chi connectivity index (χ1n) is 6.96. The number of carbonyl (C=O) groups excluding carboxylic acids is 2. The van der Waals surface area contributed by atoms with Gasteiger partial charge < -0.3 is 4.90 Å². The topological polar surface area (TPSA) is 40.6 Å². The van der Waals surface area contributed by atoms with Crippen LogP contribution in [-0.2, 0) is 4.79 Å². The largest absolute Gasteiger partial charge is 0.335 e. The van der Waals surface area contributed by atoms with E-state index in [-0.39, 0.29) is 17.1 Å². The number of amides is 1. The van der Waals surface area contributed by atoms with Crippen LogP contribution in [0, 0.1) is 5.41 Å². The van der Waals surface area contributed by atoms with E-state index in [0.717, 1.165) is 18.0 Å². The summed E-state index contributed by atoms with van der Waals surface area (Å²) in [6.07, 6.45) is 0. The second kappa shape index (κ2) is 6.06. The number of ketones is 1. The summed E-state index contributed by atoms with van der Waals surface area (Å²) < 4.78 is 0. The Hall–Kier alpha value is -1.20. The zero-order valence-electron chi connectivity index (χ0n) is 12.4. The number of piperazine rings is 1. The van der Waals surface area contributed by atoms with Crippen molar-refractivity contribution < 1.29 is 9.59 Å². The lowest BCUT2D eigenvalue weighted by Crippen LogP contribution is -2.50. The Morgan fingerprint density at radius 2 is 1.85 bits per heavy atom. The Balaban J connectivity index is 1.84. The van der Waals surface area contributed by atoms with Gasteiger partial charge in [-0.05, 0) is 11.4 Å². The van der Waals surface area contributed by atoms with E-state index < -0.39 is 0 Å². The summed E-state index contributed by atoms with van der Waals surface area (Å²) >= 11 is 1.48. The van der Waals surface area contributed by atoms with Crippen molar-refractivity contribution in [3.05, 3.63) is 22.4 Å². The monoisotopic (exact) mass is 294 g/mol. The first kappa shape index (κ1) is 15.2. The van der Waals surface area contributed by atoms with Crippen LogP contribution in [0.3, 0.4) is 0 Å². The van der Waals surface area contributed by atoms with Crippen molar-refractivity contribution in [2.45, 2.75) is 20.8 Å². The van der Waals surface area contributed by atoms with E-state index in [0.29, 0.717) is 19.6 Å². The van der Waals surface area contributed by atoms with E-state index in [1.165, 1.54) is 11.3 Å². The van der Waals surface area contributed by atoms with Crippen molar-refractivity contribution in [2.24, 2.45) is 5.41 Å². The third kappa shape index (κ3) is 3.67. The van der Waals surface area contributed by atoms with Crippen molar-refractivity contribution >= 4 is 23.0 Å². The number of rotatable bonds is 3. The van der Waals surface area contributed by atoms with Crippen molar-refractivity contribution in [3.8, 4) is 0 Å². The summed E-state index contributed by atoms with van der Waals surface area (Å²) in [5.74, 6) is 0.373. The van der Waals surface area contributed by atoms with Crippen LogP contribution in [0.15, 0.2) is 17.5 Å². The maximum Gasteiger partial charge on any atom is 0.264 e. The molecule has 0 bridgehead atoms. The fourth-order valence-electron chi connectivity index (χ4n) is 2.11. The Bertz CT molecular complexity index is 469. The molecule has 2 rings (SSSR count). The Morgan fingerprint density at radius 1 is 1.20 bits per heavy atom. The molecule has 0 saturated carbocycles. The average molecular weight is 294 g/mol. The molecule has 1 aliphatic heterocycles. The van der Waals surface area contributed by atoms with Gasteiger partial charge in [0.15, 0.2) is 5.78 Å². The molecule has 110 valence electrons. The van der Waals surface area contributed by atoms with Crippen LogP contribution in [0.1, 0.15) is 30.4 Å². The van der Waals surface area contributed by atoms with Gasteiger partial charge in [-0.2, -0.15) is 0 Å². The van der Waals surface area contributed by atoms with Gasteiger partial charge in [0.05, 0.1) is 11.4 Å². The average Bonchev–Trinajstić information content (AvgIpc) is 2.91. The maximum atomic E-state index is 12.2. The smallest absolute Gasteiger partial charge is 0.264 e. The molecule has 0 atom stereocenters. The van der Waals surface area contributed by atoms with Gasteiger partial charge in [0.2, 0.25) is 0 Å². The molecule has 0 radical (unpaired) electrons. The zero-order valence-corrected chi connectivity index (χ0v) is 13.2. The number of thiophene rings is 1. The van der Waals surface area contributed by atoms with E-state index in [9.17, 15) is 9.59 Å². The molecule has 0 N–H and O–H groups in total. The molecule has 5 heteroatoms. The highest BCUT2D eigenvalue weighted by molar-refractivity contribution is 7.12. The third-order valence-corrected chi connectivity index (χ3v) is 4.45. The molecular formula is C15H22N2O2S. The van der Waals surface area contributed by atoms with Crippen molar-refractivity contribution in [2.75, 3.05) is 32.7 Å². The lowest BCUT2D eigenvalue weighted by atomic mass is 9.90. The molecule has 1 aliphatic rings. The molecule has 0 aliphatic carbocycles. The van der Waals surface area contributed by atoms with E-state index in [1.807, 2.05) is 43.2 Å². The maximum absolute atomic E-state index is 12.2. The summed E-state index contributed by atoms with van der Waals surface area (Å²) in [4.78, 5) is 29.0. The molecule has 0 aromatic carbocycles. The summed E-state index contributed by atoms with van der Waals surface area (Å²) in [5.41, 5.74) is -0.288. The van der Waals surface area contributed by atoms with Gasteiger partial charge >= 0.3 is 0 Å². The summed E-state index contributed by atoms with van der Waals surface area (Å²) in [6, 6.07) is 3.76. The molecule has 1 amide bonds. The molecular weight excluding hydrogens is 272 g/mol. The molecule has 4 nitrogen and oxygen atoms in total. The fraction of sp³-hybridized carbons (Fsp3) is 0.600. The first-order chi connectivity index (χ1) is 9.38. The van der Waals surface area contributed by atoms with Crippen LogP contribution in [-0.4, -0.2) is 54.2 Å². The number of hydrogen-bond acceptors (Lipinski definition) is 4. The Kier molecular flexibility index (Phi) is 4.60. The van der Waals surface area contributed by atoms with Gasteiger partial charge in [0.25, 0.3) is 5.91 Å². The minimum atomic E-state index is -0.288. The third-order valence-electron chi connectivity index (χ3n) is 3.60. The van der Waals surface area contributed by atoms with Gasteiger partial charge in [-0.25, -0.2) is 0 Å². The highest BCUT2D eigenvalue weighted by atomic mass is 32.1. The van der Waals surface area contributed by atoms with Gasteiger partial charge in [-0.15, -0.1) is 11.3 Å². The van der Waals surface area contributed by atoms with Crippen molar-refractivity contribution in [1.82, 2.24) is 9.80 Å². The standard InChI is InChI=1S/C15H22N2O2S/c1-15(2,3)13(18)11-16-6-8-17(9-7-16)14(19)12-5-4-10-20-12/h4-5,10H,6-9,11H2,1-3H3. The molecule has 0 unspecified atom stereocenters. The van der Waals surface area contributed by atoms with Gasteiger partial charge in [-0.3, -0.25) is 14.5 Å². The van der Waals surface area contributed by atoms with E-state index in [1.54, 1.807) is 0 Å². The van der Waals surface area contributed by atoms with Crippen LogP contribution in [0.4, 0.5) is 0 Å². The SMILES string of the molecule is CC(C)(C)C(=O)CN1CCN(C(=O)c2cccs2)CC1. The Labute approximate surface area is 124 Å². The van der Waals surface area contributed by atoms with Crippen molar-refractivity contribution in [1.29, 1.82) is 0 Å². The normalized spacial score (nSPS) is 17.2. The minimum absolute atomic E-state index is 0.113. The van der Waals surface area contributed by atoms with E-state index in [4.69, 9.17) is 0 Å². The van der Waals surface area contributed by atoms with Crippen LogP contribution >= 0.6 is 11.3 Å². The molecule has 1 aromatic heterocycles. The van der Waals surface area contributed by atoms with Crippen molar-refractivity contribution in [3.63, 3.8) is 0 Å². The first-order valence-corrected chi connectivity index (χ1v) is 7.84. The van der Waals surface area contributed by atoms with Crippen LogP contribution in [0.25, 0.3) is 0 Å². The van der Waals surface area contributed by atoms with E-state index >= 15 is 0 Å². The van der Waals surface area contributed by atoms with Gasteiger partial charge in [-0.1, -0.05) is 26.8 Å². The fourth-order valence-corrected chi connectivity index (χ4v) is 2.80. The molecule has 1 aromatic rings. The van der Waals surface area contributed by atoms with E-state index in [2.05, 4.69) is 4.90 Å². The second-order valence-electron chi connectivity index (χ2n) is 6.22. The van der Waals surface area contributed by atoms with Crippen LogP contribution < -0.4 is 0 Å². The number of carbonyl (C=O) groups is 2. The second-order valence-corrected chi connectivity index (χ2v) is 7.17. The quantitative estimate of drug-likeness (QED) is 0.857. The predicted octanol–water partition coefficient (Wildman–Crippen LogP) is 2.12. The van der Waals surface area contributed by atoms with Crippen LogP contribution in [0.5, 0.6) is 0 Å². The number of hydrogen-bond donors (Lipinski definition) is 0. The van der Waals surface area contributed by atoms with Gasteiger partial charge in [0, 0.05) is 31.6 Å². The minimum Gasteiger partial charge on any atom is -0.335 e. The highest BCUT2D eigenvalue weighted by Gasteiger charge is 2.27. The number of nitrogens with zero attached hydrogens (tertiary/aromatic N) is 2. The highest BCUT2D eigenvalue weighted by Crippen LogP contribution is 2.17. The predicted molar refractivity (Wildman–Crippen MR) is 81.1 cm³/mol. The summed E-state index contributed by atoms with van der Waals surface area (Å²) in [5, 5.41) is 1.92. The summed E-state index contributed by atoms with van der Waals surface area (Å²) in [7, 11) is 0. The zero-order chi connectivity index (χ0) is 14.8. The van der Waals surface area contributed by atoms with Gasteiger partial charge in [0.1, 0.15) is 0 Å². The molecule has 1 fully saturated rings.